The van der Waals surface area contributed by atoms with Gasteiger partial charge in [-0.1, -0.05) is 6.08 Å². The van der Waals surface area contributed by atoms with E-state index in [2.05, 4.69) is 5.32 Å². The first-order valence-corrected chi connectivity index (χ1v) is 9.58. The summed E-state index contributed by atoms with van der Waals surface area (Å²) in [7, 11) is 4.84. The van der Waals surface area contributed by atoms with Crippen LogP contribution in [-0.4, -0.2) is 52.1 Å². The number of benzene rings is 2. The molecule has 2 amide bonds. The molecule has 0 saturated carbocycles. The van der Waals surface area contributed by atoms with Crippen molar-refractivity contribution in [1.29, 1.82) is 0 Å². The van der Waals surface area contributed by atoms with E-state index < -0.39 is 0 Å². The summed E-state index contributed by atoms with van der Waals surface area (Å²) in [5, 5.41) is 2.91. The van der Waals surface area contributed by atoms with Gasteiger partial charge in [0.2, 0.25) is 6.79 Å². The maximum atomic E-state index is 12.7. The molecule has 2 aromatic rings. The number of urea groups is 1. The topological polar surface area (TPSA) is 78.5 Å². The van der Waals surface area contributed by atoms with E-state index in [1.807, 2.05) is 18.2 Å². The van der Waals surface area contributed by atoms with Gasteiger partial charge in [-0.3, -0.25) is 0 Å². The van der Waals surface area contributed by atoms with Gasteiger partial charge in [-0.05, 0) is 24.1 Å². The zero-order valence-electron chi connectivity index (χ0n) is 17.2. The van der Waals surface area contributed by atoms with E-state index in [1.54, 1.807) is 44.4 Å². The molecule has 2 aromatic carbocycles. The van der Waals surface area contributed by atoms with E-state index in [0.29, 0.717) is 53.9 Å². The molecule has 0 fully saturated rings. The van der Waals surface area contributed by atoms with E-state index in [1.165, 1.54) is 0 Å². The van der Waals surface area contributed by atoms with Crippen molar-refractivity contribution < 1.29 is 28.5 Å². The molecule has 0 spiro atoms. The number of rotatable bonds is 5. The highest BCUT2D eigenvalue weighted by atomic mass is 16.7. The summed E-state index contributed by atoms with van der Waals surface area (Å²) in [5.41, 5.74) is 2.62. The van der Waals surface area contributed by atoms with E-state index in [-0.39, 0.29) is 12.8 Å². The van der Waals surface area contributed by atoms with Gasteiger partial charge in [0.1, 0.15) is 17.2 Å². The van der Waals surface area contributed by atoms with Crippen LogP contribution in [-0.2, 0) is 0 Å². The van der Waals surface area contributed by atoms with Gasteiger partial charge in [-0.25, -0.2) is 4.79 Å². The first-order chi connectivity index (χ1) is 14.6. The van der Waals surface area contributed by atoms with Crippen molar-refractivity contribution in [1.82, 2.24) is 4.90 Å². The first kappa shape index (κ1) is 19.8. The molecule has 2 aliphatic heterocycles. The minimum absolute atomic E-state index is 0.169. The molecule has 158 valence electrons. The third-order valence-corrected chi connectivity index (χ3v) is 5.16. The fourth-order valence-corrected chi connectivity index (χ4v) is 3.58. The SMILES string of the molecule is COc1cc(OC)c(C2=CCN(C(=O)Nc3ccc4c(c3)OCO4)CC2)c(OC)c1. The van der Waals surface area contributed by atoms with E-state index in [9.17, 15) is 4.79 Å². The molecule has 0 saturated heterocycles. The maximum Gasteiger partial charge on any atom is 0.322 e. The second-order valence-electron chi connectivity index (χ2n) is 6.83. The van der Waals surface area contributed by atoms with Crippen molar-refractivity contribution >= 4 is 17.3 Å². The lowest BCUT2D eigenvalue weighted by molar-refractivity contribution is 0.174. The zero-order chi connectivity index (χ0) is 21.1. The van der Waals surface area contributed by atoms with Crippen LogP contribution in [0.2, 0.25) is 0 Å². The summed E-state index contributed by atoms with van der Waals surface area (Å²) >= 11 is 0. The Morgan fingerprint density at radius 3 is 2.37 bits per heavy atom. The van der Waals surface area contributed by atoms with Gasteiger partial charge in [-0.2, -0.15) is 0 Å². The molecule has 8 heteroatoms. The van der Waals surface area contributed by atoms with E-state index >= 15 is 0 Å². The first-order valence-electron chi connectivity index (χ1n) is 9.58. The third-order valence-electron chi connectivity index (χ3n) is 5.16. The molecular weight excluding hydrogens is 388 g/mol. The second-order valence-corrected chi connectivity index (χ2v) is 6.83. The van der Waals surface area contributed by atoms with Crippen LogP contribution >= 0.6 is 0 Å². The molecule has 8 nitrogen and oxygen atoms in total. The monoisotopic (exact) mass is 412 g/mol. The van der Waals surface area contributed by atoms with Gasteiger partial charge in [0.15, 0.2) is 11.5 Å². The Hall–Kier alpha value is -3.55. The molecule has 30 heavy (non-hydrogen) atoms. The molecule has 4 rings (SSSR count). The van der Waals surface area contributed by atoms with Gasteiger partial charge in [0.05, 0.1) is 26.9 Å². The molecule has 0 aliphatic carbocycles. The zero-order valence-corrected chi connectivity index (χ0v) is 17.2. The molecular formula is C22H24N2O6. The Labute approximate surface area is 174 Å². The van der Waals surface area contributed by atoms with E-state index in [0.717, 1.165) is 11.1 Å². The van der Waals surface area contributed by atoms with Gasteiger partial charge in [-0.15, -0.1) is 0 Å². The van der Waals surface area contributed by atoms with Crippen LogP contribution in [0, 0.1) is 0 Å². The number of hydrogen-bond donors (Lipinski definition) is 1. The smallest absolute Gasteiger partial charge is 0.322 e. The quantitative estimate of drug-likeness (QED) is 0.806. The lowest BCUT2D eigenvalue weighted by Gasteiger charge is -2.28. The van der Waals surface area contributed by atoms with Crippen LogP contribution < -0.4 is 29.0 Å². The normalized spacial score (nSPS) is 14.8. The van der Waals surface area contributed by atoms with Crippen molar-refractivity contribution in [3.63, 3.8) is 0 Å². The summed E-state index contributed by atoms with van der Waals surface area (Å²) in [5.74, 6) is 3.33. The molecule has 0 bridgehead atoms. The minimum Gasteiger partial charge on any atom is -0.496 e. The van der Waals surface area contributed by atoms with Crippen LogP contribution in [0.5, 0.6) is 28.7 Å². The average Bonchev–Trinajstić information content (AvgIpc) is 3.26. The van der Waals surface area contributed by atoms with Crippen LogP contribution in [0.3, 0.4) is 0 Å². The minimum atomic E-state index is -0.169. The Balaban J connectivity index is 1.48. The van der Waals surface area contributed by atoms with Crippen LogP contribution in [0.15, 0.2) is 36.4 Å². The molecule has 0 radical (unpaired) electrons. The highest BCUT2D eigenvalue weighted by Crippen LogP contribution is 2.41. The molecule has 0 aromatic heterocycles. The summed E-state index contributed by atoms with van der Waals surface area (Å²) in [6.07, 6.45) is 2.70. The lowest BCUT2D eigenvalue weighted by Crippen LogP contribution is -2.37. The molecule has 0 unspecified atom stereocenters. The van der Waals surface area contributed by atoms with E-state index in [4.69, 9.17) is 23.7 Å². The number of nitrogens with zero attached hydrogens (tertiary/aromatic N) is 1. The highest BCUT2D eigenvalue weighted by Gasteiger charge is 2.23. The number of fused-ring (bicyclic) bond motifs is 1. The molecule has 0 atom stereocenters. The fraction of sp³-hybridized carbons (Fsp3) is 0.318. The fourth-order valence-electron chi connectivity index (χ4n) is 3.58. The van der Waals surface area contributed by atoms with Crippen LogP contribution in [0.1, 0.15) is 12.0 Å². The van der Waals surface area contributed by atoms with Crippen molar-refractivity contribution in [3.8, 4) is 28.7 Å². The number of hydrogen-bond acceptors (Lipinski definition) is 6. The number of nitrogens with one attached hydrogen (secondary N) is 1. The number of ether oxygens (including phenoxy) is 5. The number of anilines is 1. The van der Waals surface area contributed by atoms with Gasteiger partial charge in [0, 0.05) is 37.0 Å². The Bertz CT molecular complexity index is 963. The third kappa shape index (κ3) is 3.80. The van der Waals surface area contributed by atoms with Crippen LogP contribution in [0.4, 0.5) is 10.5 Å². The van der Waals surface area contributed by atoms with Gasteiger partial charge in [0.25, 0.3) is 0 Å². The molecule has 1 N–H and O–H groups in total. The number of methoxy groups -OCH3 is 3. The molecule has 2 heterocycles. The predicted octanol–water partition coefficient (Wildman–Crippen LogP) is 3.76. The maximum absolute atomic E-state index is 12.7. The average molecular weight is 412 g/mol. The second kappa shape index (κ2) is 8.44. The Morgan fingerprint density at radius 2 is 1.73 bits per heavy atom. The number of carbonyl (C=O) groups excluding carboxylic acids is 1. The van der Waals surface area contributed by atoms with Crippen molar-refractivity contribution in [2.45, 2.75) is 6.42 Å². The standard InChI is InChI=1S/C22H24N2O6/c1-26-16-11-19(27-2)21(20(12-16)28-3)14-6-8-24(9-7-14)22(25)23-15-4-5-17-18(10-15)30-13-29-17/h4-6,10-12H,7-9,13H2,1-3H3,(H,23,25). The summed E-state index contributed by atoms with van der Waals surface area (Å²) in [4.78, 5) is 14.4. The van der Waals surface area contributed by atoms with Gasteiger partial charge < -0.3 is 33.9 Å². The number of amides is 2. The van der Waals surface area contributed by atoms with Crippen molar-refractivity contribution in [3.05, 3.63) is 42.0 Å². The Kier molecular flexibility index (Phi) is 5.56. The Morgan fingerprint density at radius 1 is 1.00 bits per heavy atom. The number of carbonyl (C=O) groups is 1. The predicted molar refractivity (Wildman–Crippen MR) is 112 cm³/mol. The van der Waals surface area contributed by atoms with Crippen LogP contribution in [0.25, 0.3) is 5.57 Å². The summed E-state index contributed by atoms with van der Waals surface area (Å²) in [6, 6.07) is 8.84. The van der Waals surface area contributed by atoms with Gasteiger partial charge >= 0.3 is 6.03 Å². The molecule has 2 aliphatic rings. The largest absolute Gasteiger partial charge is 0.496 e. The summed E-state index contributed by atoms with van der Waals surface area (Å²) < 4.78 is 27.1. The highest BCUT2D eigenvalue weighted by molar-refractivity contribution is 5.90. The lowest BCUT2D eigenvalue weighted by atomic mass is 9.97. The van der Waals surface area contributed by atoms with Crippen molar-refractivity contribution in [2.24, 2.45) is 0 Å². The summed E-state index contributed by atoms with van der Waals surface area (Å²) in [6.45, 7) is 1.25. The van der Waals surface area contributed by atoms with Crippen molar-refractivity contribution in [2.75, 3.05) is 46.5 Å².